The van der Waals surface area contributed by atoms with Crippen LogP contribution in [0, 0.1) is 6.92 Å². The number of hydrogen-bond acceptors (Lipinski definition) is 5. The van der Waals surface area contributed by atoms with E-state index in [0.29, 0.717) is 12.4 Å². The number of aromatic amines is 1. The minimum absolute atomic E-state index is 0.0846. The van der Waals surface area contributed by atoms with Crippen molar-refractivity contribution >= 4 is 17.3 Å². The molecule has 0 saturated carbocycles. The summed E-state index contributed by atoms with van der Waals surface area (Å²) in [5.41, 5.74) is 6.66. The van der Waals surface area contributed by atoms with Crippen molar-refractivity contribution in [2.24, 2.45) is 5.73 Å². The molecule has 2 rings (SSSR count). The van der Waals surface area contributed by atoms with Crippen LogP contribution in [0.3, 0.4) is 0 Å². The normalized spacial score (nSPS) is 12.2. The van der Waals surface area contributed by atoms with Gasteiger partial charge in [0.15, 0.2) is 0 Å². The Morgan fingerprint density at radius 2 is 2.17 bits per heavy atom. The molecular formula is C12H18N6. The third-order valence-corrected chi connectivity index (χ3v) is 2.31. The first-order chi connectivity index (χ1) is 8.63. The van der Waals surface area contributed by atoms with Gasteiger partial charge >= 0.3 is 0 Å². The average Bonchev–Trinajstić information content (AvgIpc) is 2.78. The SMILES string of the molecule is Cc1nc(NCC(C)N)cc(Nc2cc[nH]c2)n1. The zero-order chi connectivity index (χ0) is 13.0. The van der Waals surface area contributed by atoms with Gasteiger partial charge in [-0.15, -0.1) is 0 Å². The summed E-state index contributed by atoms with van der Waals surface area (Å²) in [4.78, 5) is 11.6. The van der Waals surface area contributed by atoms with Gasteiger partial charge in [0.1, 0.15) is 17.5 Å². The standard InChI is InChI=1S/C12H18N6/c1-8(13)6-15-11-5-12(17-9(2)16-11)18-10-3-4-14-7-10/h3-5,7-8,14H,6,13H2,1-2H3,(H2,15,16,17,18). The molecule has 1 atom stereocenters. The van der Waals surface area contributed by atoms with Crippen LogP contribution in [0.1, 0.15) is 12.7 Å². The molecule has 5 N–H and O–H groups in total. The van der Waals surface area contributed by atoms with Crippen molar-refractivity contribution < 1.29 is 0 Å². The third-order valence-electron chi connectivity index (χ3n) is 2.31. The molecule has 2 heterocycles. The van der Waals surface area contributed by atoms with Crippen LogP contribution in [0.5, 0.6) is 0 Å². The lowest BCUT2D eigenvalue weighted by molar-refractivity contribution is 0.776. The molecule has 0 bridgehead atoms. The second kappa shape index (κ2) is 5.50. The van der Waals surface area contributed by atoms with Crippen LogP contribution in [-0.4, -0.2) is 27.5 Å². The van der Waals surface area contributed by atoms with E-state index < -0.39 is 0 Å². The largest absolute Gasteiger partial charge is 0.368 e. The van der Waals surface area contributed by atoms with Gasteiger partial charge in [-0.2, -0.15) is 0 Å². The van der Waals surface area contributed by atoms with Gasteiger partial charge in [-0.3, -0.25) is 0 Å². The zero-order valence-corrected chi connectivity index (χ0v) is 10.6. The Bertz CT molecular complexity index is 491. The maximum absolute atomic E-state index is 5.70. The average molecular weight is 246 g/mol. The minimum atomic E-state index is 0.0846. The number of anilines is 3. The number of nitrogens with two attached hydrogens (primary N) is 1. The first-order valence-electron chi connectivity index (χ1n) is 5.88. The van der Waals surface area contributed by atoms with Crippen molar-refractivity contribution in [2.45, 2.75) is 19.9 Å². The van der Waals surface area contributed by atoms with Crippen LogP contribution >= 0.6 is 0 Å². The lowest BCUT2D eigenvalue weighted by Gasteiger charge is -2.10. The molecule has 0 aliphatic rings. The molecule has 0 spiro atoms. The molecule has 0 aliphatic heterocycles. The topological polar surface area (TPSA) is 91.6 Å². The Labute approximate surface area is 106 Å². The summed E-state index contributed by atoms with van der Waals surface area (Å²) >= 11 is 0. The van der Waals surface area contributed by atoms with Gasteiger partial charge in [-0.05, 0) is 19.9 Å². The highest BCUT2D eigenvalue weighted by Crippen LogP contribution is 2.16. The molecule has 0 amide bonds. The van der Waals surface area contributed by atoms with Crippen molar-refractivity contribution in [1.29, 1.82) is 0 Å². The highest BCUT2D eigenvalue weighted by molar-refractivity contribution is 5.58. The summed E-state index contributed by atoms with van der Waals surface area (Å²) in [6.07, 6.45) is 3.72. The molecule has 0 fully saturated rings. The van der Waals surface area contributed by atoms with Crippen LogP contribution in [0.2, 0.25) is 0 Å². The van der Waals surface area contributed by atoms with Crippen LogP contribution in [0.15, 0.2) is 24.5 Å². The van der Waals surface area contributed by atoms with Crippen molar-refractivity contribution in [2.75, 3.05) is 17.2 Å². The summed E-state index contributed by atoms with van der Waals surface area (Å²) < 4.78 is 0. The number of rotatable bonds is 5. The number of aryl methyl sites for hydroxylation is 1. The highest BCUT2D eigenvalue weighted by Gasteiger charge is 2.03. The van der Waals surface area contributed by atoms with E-state index in [-0.39, 0.29) is 6.04 Å². The molecular weight excluding hydrogens is 228 g/mol. The van der Waals surface area contributed by atoms with Crippen molar-refractivity contribution in [3.8, 4) is 0 Å². The molecule has 0 aliphatic carbocycles. The van der Waals surface area contributed by atoms with E-state index in [2.05, 4.69) is 25.6 Å². The first kappa shape index (κ1) is 12.4. The third kappa shape index (κ3) is 3.46. The summed E-state index contributed by atoms with van der Waals surface area (Å²) in [6, 6.07) is 3.89. The Kier molecular flexibility index (Phi) is 3.78. The first-order valence-corrected chi connectivity index (χ1v) is 5.88. The zero-order valence-electron chi connectivity index (χ0n) is 10.6. The molecule has 2 aromatic heterocycles. The smallest absolute Gasteiger partial charge is 0.136 e. The monoisotopic (exact) mass is 246 g/mol. The van der Waals surface area contributed by atoms with E-state index in [9.17, 15) is 0 Å². The highest BCUT2D eigenvalue weighted by atomic mass is 15.1. The van der Waals surface area contributed by atoms with Crippen molar-refractivity contribution in [3.63, 3.8) is 0 Å². The number of H-pyrrole nitrogens is 1. The summed E-state index contributed by atoms with van der Waals surface area (Å²) in [6.45, 7) is 4.49. The molecule has 0 aromatic carbocycles. The maximum Gasteiger partial charge on any atom is 0.136 e. The van der Waals surface area contributed by atoms with Gasteiger partial charge in [0.25, 0.3) is 0 Å². The predicted octanol–water partition coefficient (Wildman–Crippen LogP) is 1.62. The molecule has 2 aromatic rings. The number of hydrogen-bond donors (Lipinski definition) is 4. The van der Waals surface area contributed by atoms with Crippen LogP contribution in [-0.2, 0) is 0 Å². The predicted molar refractivity (Wildman–Crippen MR) is 73.0 cm³/mol. The van der Waals surface area contributed by atoms with Gasteiger partial charge in [0, 0.05) is 31.0 Å². The van der Waals surface area contributed by atoms with E-state index in [0.717, 1.165) is 17.3 Å². The fraction of sp³-hybridized carbons (Fsp3) is 0.333. The molecule has 0 radical (unpaired) electrons. The fourth-order valence-electron chi connectivity index (χ4n) is 1.54. The summed E-state index contributed by atoms with van der Waals surface area (Å²) in [5, 5.41) is 6.38. The van der Waals surface area contributed by atoms with Crippen LogP contribution < -0.4 is 16.4 Å². The number of nitrogens with one attached hydrogen (secondary N) is 3. The Morgan fingerprint density at radius 3 is 2.83 bits per heavy atom. The molecule has 0 saturated heterocycles. The van der Waals surface area contributed by atoms with E-state index in [1.165, 1.54) is 0 Å². The van der Waals surface area contributed by atoms with Gasteiger partial charge in [0.2, 0.25) is 0 Å². The van der Waals surface area contributed by atoms with Gasteiger partial charge in [0.05, 0.1) is 5.69 Å². The van der Waals surface area contributed by atoms with E-state index >= 15 is 0 Å². The quantitative estimate of drug-likeness (QED) is 0.643. The molecule has 18 heavy (non-hydrogen) atoms. The fourth-order valence-corrected chi connectivity index (χ4v) is 1.54. The van der Waals surface area contributed by atoms with E-state index in [1.807, 2.05) is 38.4 Å². The molecule has 6 nitrogen and oxygen atoms in total. The summed E-state index contributed by atoms with van der Waals surface area (Å²) in [7, 11) is 0. The van der Waals surface area contributed by atoms with Crippen LogP contribution in [0.4, 0.5) is 17.3 Å². The lowest BCUT2D eigenvalue weighted by Crippen LogP contribution is -2.25. The Balaban J connectivity index is 2.10. The molecule has 6 heteroatoms. The minimum Gasteiger partial charge on any atom is -0.368 e. The lowest BCUT2D eigenvalue weighted by atomic mass is 10.3. The Morgan fingerprint density at radius 1 is 1.39 bits per heavy atom. The molecule has 96 valence electrons. The van der Waals surface area contributed by atoms with E-state index in [1.54, 1.807) is 0 Å². The molecule has 1 unspecified atom stereocenters. The van der Waals surface area contributed by atoms with Gasteiger partial charge < -0.3 is 21.4 Å². The van der Waals surface area contributed by atoms with Crippen molar-refractivity contribution in [1.82, 2.24) is 15.0 Å². The Hall–Kier alpha value is -2.08. The van der Waals surface area contributed by atoms with Gasteiger partial charge in [-0.25, -0.2) is 9.97 Å². The van der Waals surface area contributed by atoms with Gasteiger partial charge in [-0.1, -0.05) is 0 Å². The number of nitrogens with zero attached hydrogens (tertiary/aromatic N) is 2. The van der Waals surface area contributed by atoms with Crippen LogP contribution in [0.25, 0.3) is 0 Å². The van der Waals surface area contributed by atoms with E-state index in [4.69, 9.17) is 5.73 Å². The number of aromatic nitrogens is 3. The van der Waals surface area contributed by atoms with Crippen molar-refractivity contribution in [3.05, 3.63) is 30.4 Å². The summed E-state index contributed by atoms with van der Waals surface area (Å²) in [5.74, 6) is 2.25. The second-order valence-corrected chi connectivity index (χ2v) is 4.27. The maximum atomic E-state index is 5.70. The second-order valence-electron chi connectivity index (χ2n) is 4.27.